The second-order valence-electron chi connectivity index (χ2n) is 16.7. The predicted octanol–water partition coefficient (Wildman–Crippen LogP) is 9.65. The monoisotopic (exact) mass is 929 g/mol. The summed E-state index contributed by atoms with van der Waals surface area (Å²) in [5, 5.41) is 18.3. The molecule has 1 aromatic rings. The van der Waals surface area contributed by atoms with Crippen LogP contribution in [0.15, 0.2) is 18.2 Å². The van der Waals surface area contributed by atoms with Crippen molar-refractivity contribution in [1.82, 2.24) is 4.90 Å². The van der Waals surface area contributed by atoms with Crippen LogP contribution in [0.2, 0.25) is 0 Å². The summed E-state index contributed by atoms with van der Waals surface area (Å²) >= 11 is 0. The molecule has 0 radical (unpaired) electrons. The number of benzene rings is 1. The molecule has 19 heteroatoms. The van der Waals surface area contributed by atoms with E-state index >= 15 is 0 Å². The fourth-order valence-electron chi connectivity index (χ4n) is 9.36. The standard InChI is InChI=1S/C42H64F9NO7S2/c1-38-15-14-34-33-11-9-32(57-19-5-18-55-23-25-60-61-26-24-56-22-17-52(2)16-4-3-7-30(28-53)29-54)27-31(33)8-10-35(34)36(38)12-13-37(38)58-20-6-21-59-39(40(43,44)45,41(46,47)48)42(49,50)51/h9,11,27,30,34-37,53-54H,3-8,10,12-26,28-29H2,1-2H3/t34-,35-,36+,37+,38+/m1/s1. The first-order chi connectivity index (χ1) is 28.9. The second kappa shape index (κ2) is 24.4. The molecular weight excluding hydrogens is 866 g/mol. The van der Waals surface area contributed by atoms with Crippen molar-refractivity contribution in [2.45, 2.75) is 114 Å². The highest BCUT2D eigenvalue weighted by Crippen LogP contribution is 2.62. The Hall–Kier alpha value is -1.19. The second-order valence-corrected chi connectivity index (χ2v) is 19.4. The van der Waals surface area contributed by atoms with Gasteiger partial charge in [0.05, 0.1) is 39.1 Å². The van der Waals surface area contributed by atoms with E-state index in [2.05, 4.69) is 35.7 Å². The van der Waals surface area contributed by atoms with Gasteiger partial charge in [-0.1, -0.05) is 41.0 Å². The number of rotatable bonds is 28. The number of likely N-dealkylation sites (N-methyl/N-ethyl adjacent to an activating group) is 1. The Labute approximate surface area is 362 Å². The summed E-state index contributed by atoms with van der Waals surface area (Å²) in [5.74, 6) is 3.63. The molecule has 3 aliphatic carbocycles. The number of fused-ring (bicyclic) bond motifs is 5. The number of ether oxygens (including phenoxy) is 5. The van der Waals surface area contributed by atoms with Gasteiger partial charge in [-0.15, -0.1) is 0 Å². The topological polar surface area (TPSA) is 89.9 Å². The van der Waals surface area contributed by atoms with Crippen molar-refractivity contribution in [2.24, 2.45) is 23.2 Å². The molecule has 0 unspecified atom stereocenters. The van der Waals surface area contributed by atoms with E-state index in [1.165, 1.54) is 11.1 Å². The van der Waals surface area contributed by atoms with Crippen LogP contribution in [0.3, 0.4) is 0 Å². The highest BCUT2D eigenvalue weighted by molar-refractivity contribution is 8.76. The van der Waals surface area contributed by atoms with Gasteiger partial charge in [-0.25, -0.2) is 0 Å². The summed E-state index contributed by atoms with van der Waals surface area (Å²) in [6.07, 6.45) is -12.4. The van der Waals surface area contributed by atoms with Gasteiger partial charge in [0.15, 0.2) is 0 Å². The van der Waals surface area contributed by atoms with E-state index in [1.807, 2.05) is 6.07 Å². The Bertz CT molecular complexity index is 1390. The molecule has 2 saturated carbocycles. The van der Waals surface area contributed by atoms with Gasteiger partial charge < -0.3 is 38.8 Å². The third-order valence-corrected chi connectivity index (χ3v) is 15.0. The summed E-state index contributed by atoms with van der Waals surface area (Å²) in [5.41, 5.74) is -3.95. The Kier molecular flexibility index (Phi) is 20.9. The van der Waals surface area contributed by atoms with Crippen molar-refractivity contribution in [3.05, 3.63) is 29.3 Å². The number of aliphatic hydroxyl groups is 2. The molecule has 0 heterocycles. The third kappa shape index (κ3) is 14.2. The molecule has 2 fully saturated rings. The van der Waals surface area contributed by atoms with Crippen molar-refractivity contribution in [3.63, 3.8) is 0 Å². The van der Waals surface area contributed by atoms with E-state index in [4.69, 9.17) is 29.2 Å². The van der Waals surface area contributed by atoms with E-state index in [-0.39, 0.29) is 37.3 Å². The van der Waals surface area contributed by atoms with E-state index in [1.54, 1.807) is 21.6 Å². The smallest absolute Gasteiger partial charge is 0.435 e. The number of alkyl halides is 9. The summed E-state index contributed by atoms with van der Waals surface area (Å²) in [4.78, 5) is 2.24. The van der Waals surface area contributed by atoms with Gasteiger partial charge in [0, 0.05) is 56.8 Å². The first-order valence-electron chi connectivity index (χ1n) is 21.4. The first kappa shape index (κ1) is 52.4. The quantitative estimate of drug-likeness (QED) is 0.0482. The summed E-state index contributed by atoms with van der Waals surface area (Å²) < 4.78 is 146. The molecule has 4 rings (SSSR count). The SMILES string of the molecule is CN(CCCCC(CO)CO)CCOCCSSCCOCCCOc1ccc2c(c1)CC[C@@H]1[C@@H]2CC[C@]2(C)[C@@H](OCCCOC(C(F)(F)F)(C(F)(F)F)C(F)(F)F)CC[C@@H]12. The summed E-state index contributed by atoms with van der Waals surface area (Å²) in [7, 11) is 5.61. The molecule has 0 spiro atoms. The van der Waals surface area contributed by atoms with Crippen LogP contribution >= 0.6 is 21.6 Å². The Morgan fingerprint density at radius 1 is 0.754 bits per heavy atom. The lowest BCUT2D eigenvalue weighted by Crippen LogP contribution is -2.67. The van der Waals surface area contributed by atoms with E-state index in [0.717, 1.165) is 88.1 Å². The first-order valence-corrected chi connectivity index (χ1v) is 23.9. The lowest BCUT2D eigenvalue weighted by atomic mass is 9.55. The number of aryl methyl sites for hydroxylation is 1. The minimum absolute atomic E-state index is 0.0121. The average molecular weight is 930 g/mol. The molecular formula is C42H64F9NO7S2. The fourth-order valence-corrected chi connectivity index (χ4v) is 11.1. The van der Waals surface area contributed by atoms with E-state index in [9.17, 15) is 39.5 Å². The Morgan fingerprint density at radius 2 is 1.41 bits per heavy atom. The maximum Gasteiger partial charge on any atom is 0.435 e. The molecule has 5 atom stereocenters. The summed E-state index contributed by atoms with van der Waals surface area (Å²) in [6, 6.07) is 6.29. The fraction of sp³-hybridized carbons (Fsp3) is 0.857. The molecule has 0 aliphatic heterocycles. The number of hydrogen-bond donors (Lipinski definition) is 2. The van der Waals surface area contributed by atoms with Gasteiger partial charge in [-0.2, -0.15) is 39.5 Å². The Morgan fingerprint density at radius 3 is 2.07 bits per heavy atom. The molecule has 2 N–H and O–H groups in total. The van der Waals surface area contributed by atoms with Gasteiger partial charge in [0.25, 0.3) is 0 Å². The van der Waals surface area contributed by atoms with Crippen LogP contribution in [0.1, 0.15) is 88.2 Å². The van der Waals surface area contributed by atoms with Crippen molar-refractivity contribution in [1.29, 1.82) is 0 Å². The molecule has 354 valence electrons. The van der Waals surface area contributed by atoms with Crippen molar-refractivity contribution in [3.8, 4) is 5.75 Å². The zero-order chi connectivity index (χ0) is 44.7. The van der Waals surface area contributed by atoms with Crippen molar-refractivity contribution >= 4 is 21.6 Å². The molecule has 0 amide bonds. The van der Waals surface area contributed by atoms with Crippen molar-refractivity contribution in [2.75, 3.05) is 91.1 Å². The molecule has 0 aromatic heterocycles. The normalized spacial score (nSPS) is 23.4. The van der Waals surface area contributed by atoms with Gasteiger partial charge in [0.2, 0.25) is 0 Å². The number of nitrogens with zero attached hydrogens (tertiary/aromatic N) is 1. The minimum atomic E-state index is -6.74. The van der Waals surface area contributed by atoms with Gasteiger partial charge in [-0.05, 0) is 118 Å². The zero-order valence-electron chi connectivity index (χ0n) is 35.2. The van der Waals surface area contributed by atoms with Crippen LogP contribution in [0.25, 0.3) is 0 Å². The van der Waals surface area contributed by atoms with Crippen LogP contribution in [0, 0.1) is 23.2 Å². The molecule has 0 saturated heterocycles. The lowest BCUT2D eigenvalue weighted by molar-refractivity contribution is -0.457. The molecule has 3 aliphatic rings. The number of halogens is 9. The van der Waals surface area contributed by atoms with Crippen LogP contribution in [-0.2, 0) is 25.4 Å². The molecule has 61 heavy (non-hydrogen) atoms. The van der Waals surface area contributed by atoms with Crippen LogP contribution in [0.4, 0.5) is 39.5 Å². The number of aliphatic hydroxyl groups excluding tert-OH is 2. The maximum atomic E-state index is 13.2. The molecule has 8 nitrogen and oxygen atoms in total. The zero-order valence-corrected chi connectivity index (χ0v) is 36.8. The maximum absolute atomic E-state index is 13.2. The number of unbranched alkanes of at least 4 members (excludes halogenated alkanes) is 1. The van der Waals surface area contributed by atoms with Crippen LogP contribution in [0.5, 0.6) is 5.75 Å². The van der Waals surface area contributed by atoms with E-state index < -0.39 is 37.2 Å². The van der Waals surface area contributed by atoms with Crippen molar-refractivity contribution < 1.29 is 73.4 Å². The van der Waals surface area contributed by atoms with E-state index in [0.29, 0.717) is 57.2 Å². The minimum Gasteiger partial charge on any atom is -0.493 e. The third-order valence-electron chi connectivity index (χ3n) is 12.7. The highest BCUT2D eigenvalue weighted by Gasteiger charge is 2.85. The van der Waals surface area contributed by atoms with Crippen LogP contribution in [-0.4, -0.2) is 136 Å². The predicted molar refractivity (Wildman–Crippen MR) is 218 cm³/mol. The molecule has 1 aromatic carbocycles. The lowest BCUT2D eigenvalue weighted by Gasteiger charge is -2.50. The van der Waals surface area contributed by atoms with Gasteiger partial charge in [0.1, 0.15) is 5.75 Å². The van der Waals surface area contributed by atoms with Crippen LogP contribution < -0.4 is 4.74 Å². The summed E-state index contributed by atoms with van der Waals surface area (Å²) in [6.45, 7) is 5.47. The molecule has 0 bridgehead atoms. The number of hydrogen-bond acceptors (Lipinski definition) is 10. The highest BCUT2D eigenvalue weighted by atomic mass is 33.1. The largest absolute Gasteiger partial charge is 0.493 e. The average Bonchev–Trinajstić information content (AvgIpc) is 3.53. The van der Waals surface area contributed by atoms with Gasteiger partial charge >= 0.3 is 24.1 Å². The Balaban J connectivity index is 1.06. The van der Waals surface area contributed by atoms with Gasteiger partial charge in [-0.3, -0.25) is 0 Å².